The van der Waals surface area contributed by atoms with Crippen LogP contribution in [0.1, 0.15) is 29.6 Å². The average Bonchev–Trinajstić information content (AvgIpc) is 3.10. The fraction of sp³-hybridized carbons (Fsp3) is 0.611. The monoisotopic (exact) mass is 318 g/mol. The van der Waals surface area contributed by atoms with Crippen LogP contribution < -0.4 is 10.1 Å². The second-order valence-electron chi connectivity index (χ2n) is 6.51. The molecular weight excluding hydrogens is 292 g/mol. The molecule has 1 N–H and O–H groups in total. The molecule has 0 aliphatic carbocycles. The molecule has 1 aromatic carbocycles. The van der Waals surface area contributed by atoms with Gasteiger partial charge in [-0.05, 0) is 49.4 Å². The number of carbonyl (C=O) groups is 1. The Kier molecular flexibility index (Phi) is 5.51. The van der Waals surface area contributed by atoms with Crippen molar-refractivity contribution in [3.05, 3.63) is 29.8 Å². The standard InChI is InChI=1S/C18H26N2O3/c1-22-17-4-2-15(3-5-17)18(21)19-16-6-9-20(10-7-16)12-14-8-11-23-13-14/h2-5,14,16H,6-13H2,1H3,(H,19,21)/t14-/m0/s1. The van der Waals surface area contributed by atoms with E-state index in [1.165, 1.54) is 6.42 Å². The number of benzene rings is 1. The Labute approximate surface area is 137 Å². The van der Waals surface area contributed by atoms with E-state index < -0.39 is 0 Å². The molecule has 2 fully saturated rings. The molecule has 0 unspecified atom stereocenters. The highest BCUT2D eigenvalue weighted by molar-refractivity contribution is 5.94. The van der Waals surface area contributed by atoms with Gasteiger partial charge in [0.2, 0.25) is 0 Å². The molecule has 2 heterocycles. The number of nitrogens with one attached hydrogen (secondary N) is 1. The second-order valence-corrected chi connectivity index (χ2v) is 6.51. The van der Waals surface area contributed by atoms with E-state index in [1.807, 2.05) is 24.3 Å². The van der Waals surface area contributed by atoms with Crippen molar-refractivity contribution in [2.45, 2.75) is 25.3 Å². The van der Waals surface area contributed by atoms with Crippen molar-refractivity contribution in [1.29, 1.82) is 0 Å². The highest BCUT2D eigenvalue weighted by atomic mass is 16.5. The molecular formula is C18H26N2O3. The molecule has 5 heteroatoms. The topological polar surface area (TPSA) is 50.8 Å². The molecule has 2 aliphatic rings. The summed E-state index contributed by atoms with van der Waals surface area (Å²) in [5, 5.41) is 3.16. The van der Waals surface area contributed by atoms with Crippen molar-refractivity contribution in [1.82, 2.24) is 10.2 Å². The Morgan fingerprint density at radius 3 is 2.61 bits per heavy atom. The van der Waals surface area contributed by atoms with Crippen LogP contribution >= 0.6 is 0 Å². The maximum atomic E-state index is 12.3. The predicted molar refractivity (Wildman–Crippen MR) is 88.8 cm³/mol. The van der Waals surface area contributed by atoms with Crippen LogP contribution in [0.3, 0.4) is 0 Å². The quantitative estimate of drug-likeness (QED) is 0.901. The number of piperidine rings is 1. The van der Waals surface area contributed by atoms with Gasteiger partial charge in [-0.1, -0.05) is 0 Å². The molecule has 0 spiro atoms. The van der Waals surface area contributed by atoms with Gasteiger partial charge in [-0.15, -0.1) is 0 Å². The first-order valence-corrected chi connectivity index (χ1v) is 8.49. The number of rotatable bonds is 5. The second kappa shape index (κ2) is 7.79. The van der Waals surface area contributed by atoms with Crippen molar-refractivity contribution in [3.8, 4) is 5.75 Å². The van der Waals surface area contributed by atoms with Gasteiger partial charge in [-0.2, -0.15) is 0 Å². The van der Waals surface area contributed by atoms with Crippen molar-refractivity contribution < 1.29 is 14.3 Å². The van der Waals surface area contributed by atoms with Gasteiger partial charge in [0.05, 0.1) is 13.7 Å². The van der Waals surface area contributed by atoms with E-state index in [0.717, 1.165) is 51.4 Å². The van der Waals surface area contributed by atoms with Crippen LogP contribution in [-0.4, -0.2) is 56.8 Å². The van der Waals surface area contributed by atoms with Crippen molar-refractivity contribution >= 4 is 5.91 Å². The van der Waals surface area contributed by atoms with Crippen LogP contribution in [0, 0.1) is 5.92 Å². The van der Waals surface area contributed by atoms with Crippen molar-refractivity contribution in [2.75, 3.05) is 40.0 Å². The third-order valence-electron chi connectivity index (χ3n) is 4.82. The summed E-state index contributed by atoms with van der Waals surface area (Å²) in [6.07, 6.45) is 3.24. The van der Waals surface area contributed by atoms with E-state index in [1.54, 1.807) is 7.11 Å². The fourth-order valence-electron chi connectivity index (χ4n) is 3.36. The first kappa shape index (κ1) is 16.3. The lowest BCUT2D eigenvalue weighted by Crippen LogP contribution is -2.45. The lowest BCUT2D eigenvalue weighted by Gasteiger charge is -2.33. The molecule has 1 aromatic rings. The summed E-state index contributed by atoms with van der Waals surface area (Å²) in [5.74, 6) is 1.47. The number of hydrogen-bond acceptors (Lipinski definition) is 4. The minimum absolute atomic E-state index is 0.00953. The fourth-order valence-corrected chi connectivity index (χ4v) is 3.36. The van der Waals surface area contributed by atoms with Crippen LogP contribution in [0.5, 0.6) is 5.75 Å². The largest absolute Gasteiger partial charge is 0.497 e. The normalized spacial score (nSPS) is 22.9. The molecule has 0 bridgehead atoms. The third kappa shape index (κ3) is 4.45. The van der Waals surface area contributed by atoms with Crippen LogP contribution in [-0.2, 0) is 4.74 Å². The van der Waals surface area contributed by atoms with Gasteiger partial charge in [-0.25, -0.2) is 0 Å². The molecule has 3 rings (SSSR count). The Morgan fingerprint density at radius 2 is 2.00 bits per heavy atom. The molecule has 5 nitrogen and oxygen atoms in total. The highest BCUT2D eigenvalue weighted by Crippen LogP contribution is 2.18. The summed E-state index contributed by atoms with van der Waals surface area (Å²) >= 11 is 0. The molecule has 23 heavy (non-hydrogen) atoms. The highest BCUT2D eigenvalue weighted by Gasteiger charge is 2.24. The summed E-state index contributed by atoms with van der Waals surface area (Å²) in [6.45, 7) is 5.08. The van der Waals surface area contributed by atoms with Gasteiger partial charge >= 0.3 is 0 Å². The summed E-state index contributed by atoms with van der Waals surface area (Å²) in [4.78, 5) is 14.8. The lowest BCUT2D eigenvalue weighted by atomic mass is 10.0. The molecule has 2 saturated heterocycles. The number of likely N-dealkylation sites (tertiary alicyclic amines) is 1. The number of hydrogen-bond donors (Lipinski definition) is 1. The Bertz CT molecular complexity index is 504. The van der Waals surface area contributed by atoms with E-state index in [9.17, 15) is 4.79 Å². The van der Waals surface area contributed by atoms with Gasteiger partial charge in [-0.3, -0.25) is 4.79 Å². The van der Waals surface area contributed by atoms with Gasteiger partial charge in [0.1, 0.15) is 5.75 Å². The first-order valence-electron chi connectivity index (χ1n) is 8.49. The number of carbonyl (C=O) groups excluding carboxylic acids is 1. The Hall–Kier alpha value is -1.59. The number of ether oxygens (including phenoxy) is 2. The van der Waals surface area contributed by atoms with E-state index in [-0.39, 0.29) is 11.9 Å². The van der Waals surface area contributed by atoms with E-state index in [2.05, 4.69) is 10.2 Å². The van der Waals surface area contributed by atoms with Crippen LogP contribution in [0.15, 0.2) is 24.3 Å². The molecule has 126 valence electrons. The van der Waals surface area contributed by atoms with Crippen molar-refractivity contribution in [2.24, 2.45) is 5.92 Å². The number of amides is 1. The van der Waals surface area contributed by atoms with E-state index in [4.69, 9.17) is 9.47 Å². The molecule has 1 atom stereocenters. The van der Waals surface area contributed by atoms with Crippen molar-refractivity contribution in [3.63, 3.8) is 0 Å². The Morgan fingerprint density at radius 1 is 1.26 bits per heavy atom. The zero-order valence-electron chi connectivity index (χ0n) is 13.8. The van der Waals surface area contributed by atoms with E-state index >= 15 is 0 Å². The smallest absolute Gasteiger partial charge is 0.251 e. The van der Waals surface area contributed by atoms with Crippen LogP contribution in [0.25, 0.3) is 0 Å². The van der Waals surface area contributed by atoms with E-state index in [0.29, 0.717) is 11.5 Å². The maximum Gasteiger partial charge on any atom is 0.251 e. The van der Waals surface area contributed by atoms with Crippen LogP contribution in [0.4, 0.5) is 0 Å². The Balaban J connectivity index is 1.43. The number of nitrogens with zero attached hydrogens (tertiary/aromatic N) is 1. The molecule has 1 amide bonds. The van der Waals surface area contributed by atoms with Crippen LogP contribution in [0.2, 0.25) is 0 Å². The zero-order chi connectivity index (χ0) is 16.1. The van der Waals surface area contributed by atoms with Gasteiger partial charge in [0.15, 0.2) is 0 Å². The average molecular weight is 318 g/mol. The SMILES string of the molecule is COc1ccc(C(=O)NC2CCN(C[C@@H]3CCOC3)CC2)cc1. The first-order chi connectivity index (χ1) is 11.2. The van der Waals surface area contributed by atoms with Gasteiger partial charge in [0.25, 0.3) is 5.91 Å². The molecule has 0 radical (unpaired) electrons. The lowest BCUT2D eigenvalue weighted by molar-refractivity contribution is 0.0903. The minimum atomic E-state index is 0.00953. The summed E-state index contributed by atoms with van der Waals surface area (Å²) in [6, 6.07) is 7.54. The molecule has 0 saturated carbocycles. The van der Waals surface area contributed by atoms with Gasteiger partial charge < -0.3 is 19.7 Å². The summed E-state index contributed by atoms with van der Waals surface area (Å²) in [5.41, 5.74) is 0.691. The van der Waals surface area contributed by atoms with Gasteiger partial charge in [0, 0.05) is 37.8 Å². The minimum Gasteiger partial charge on any atom is -0.497 e. The summed E-state index contributed by atoms with van der Waals surface area (Å²) < 4.78 is 10.6. The zero-order valence-corrected chi connectivity index (χ0v) is 13.8. The number of methoxy groups -OCH3 is 1. The predicted octanol–water partition coefficient (Wildman–Crippen LogP) is 1.93. The third-order valence-corrected chi connectivity index (χ3v) is 4.82. The molecule has 0 aromatic heterocycles. The molecule has 2 aliphatic heterocycles. The maximum absolute atomic E-state index is 12.3. The summed E-state index contributed by atoms with van der Waals surface area (Å²) in [7, 11) is 1.63.